The van der Waals surface area contributed by atoms with E-state index in [1.807, 2.05) is 39.0 Å². The molecular weight excluding hydrogens is 268 g/mol. The zero-order valence-electron chi connectivity index (χ0n) is 13.4. The number of rotatable bonds is 6. The van der Waals surface area contributed by atoms with Gasteiger partial charge in [0.15, 0.2) is 0 Å². The maximum absolute atomic E-state index is 11.8. The number of aryl methyl sites for hydroxylation is 1. The highest BCUT2D eigenvalue weighted by Gasteiger charge is 2.17. The Bertz CT molecular complexity index is 467. The molecule has 0 aromatic heterocycles. The van der Waals surface area contributed by atoms with Gasteiger partial charge in [-0.1, -0.05) is 6.07 Å². The number of benzene rings is 1. The summed E-state index contributed by atoms with van der Waals surface area (Å²) in [6, 6.07) is 5.75. The zero-order valence-corrected chi connectivity index (χ0v) is 13.4. The zero-order chi connectivity index (χ0) is 15.9. The topological polar surface area (TPSA) is 73.6 Å². The van der Waals surface area contributed by atoms with Gasteiger partial charge < -0.3 is 15.2 Å². The molecule has 0 aliphatic rings. The van der Waals surface area contributed by atoms with Crippen LogP contribution in [0.2, 0.25) is 0 Å². The number of anilines is 1. The fourth-order valence-corrected chi connectivity index (χ4v) is 1.88. The minimum atomic E-state index is -0.528. The Hall–Kier alpha value is -1.75. The first-order chi connectivity index (χ1) is 9.85. The van der Waals surface area contributed by atoms with E-state index in [9.17, 15) is 4.79 Å². The van der Waals surface area contributed by atoms with Gasteiger partial charge in [-0.3, -0.25) is 5.32 Å². The first kappa shape index (κ1) is 17.3. The predicted octanol–water partition coefficient (Wildman–Crippen LogP) is 3.32. The Morgan fingerprint density at radius 2 is 2.00 bits per heavy atom. The molecule has 0 aliphatic carbocycles. The van der Waals surface area contributed by atoms with E-state index in [0.717, 1.165) is 24.8 Å². The lowest BCUT2D eigenvalue weighted by Gasteiger charge is -2.20. The van der Waals surface area contributed by atoms with Crippen molar-refractivity contribution in [1.82, 2.24) is 0 Å². The highest BCUT2D eigenvalue weighted by atomic mass is 16.6. The quantitative estimate of drug-likeness (QED) is 0.789. The number of hydrogen-bond donors (Lipinski definition) is 2. The molecule has 0 bridgehead atoms. The highest BCUT2D eigenvalue weighted by molar-refractivity contribution is 5.87. The number of methoxy groups -OCH3 is 1. The minimum Gasteiger partial charge on any atom is -0.495 e. The van der Waals surface area contributed by atoms with Gasteiger partial charge in [0.1, 0.15) is 11.4 Å². The summed E-state index contributed by atoms with van der Waals surface area (Å²) in [6.07, 6.45) is 2.50. The van der Waals surface area contributed by atoms with Crippen LogP contribution in [0.15, 0.2) is 18.2 Å². The standard InChI is InChI=1S/C16H26N2O3/c1-16(2,3)21-15(19)18-13-9-8-12(7-5-6-10-17)11-14(13)20-4/h8-9,11H,5-7,10,17H2,1-4H3,(H,18,19). The number of carbonyl (C=O) groups is 1. The maximum atomic E-state index is 11.8. The normalized spacial score (nSPS) is 11.1. The van der Waals surface area contributed by atoms with E-state index >= 15 is 0 Å². The summed E-state index contributed by atoms with van der Waals surface area (Å²) < 4.78 is 10.6. The van der Waals surface area contributed by atoms with Gasteiger partial charge in [-0.05, 0) is 64.3 Å². The second-order valence-electron chi connectivity index (χ2n) is 5.91. The molecule has 0 atom stereocenters. The van der Waals surface area contributed by atoms with Crippen LogP contribution in [-0.4, -0.2) is 25.3 Å². The molecule has 0 saturated carbocycles. The Morgan fingerprint density at radius 1 is 1.29 bits per heavy atom. The number of unbranched alkanes of at least 4 members (excludes halogenated alkanes) is 1. The summed E-state index contributed by atoms with van der Waals surface area (Å²) in [5.74, 6) is 0.631. The number of ether oxygens (including phenoxy) is 2. The molecule has 0 radical (unpaired) electrons. The molecule has 0 saturated heterocycles. The number of nitrogens with one attached hydrogen (secondary N) is 1. The number of amides is 1. The van der Waals surface area contributed by atoms with Crippen LogP contribution in [0.4, 0.5) is 10.5 Å². The molecule has 1 aromatic rings. The molecule has 1 amide bonds. The van der Waals surface area contributed by atoms with Crippen LogP contribution in [0.5, 0.6) is 5.75 Å². The van der Waals surface area contributed by atoms with E-state index in [1.165, 1.54) is 0 Å². The molecule has 118 valence electrons. The lowest BCUT2D eigenvalue weighted by molar-refractivity contribution is 0.0635. The van der Waals surface area contributed by atoms with Crippen molar-refractivity contribution in [3.8, 4) is 5.75 Å². The molecule has 5 heteroatoms. The minimum absolute atomic E-state index is 0.489. The lowest BCUT2D eigenvalue weighted by Crippen LogP contribution is -2.27. The molecule has 0 spiro atoms. The Labute approximate surface area is 126 Å². The third kappa shape index (κ3) is 6.49. The third-order valence-electron chi connectivity index (χ3n) is 2.82. The summed E-state index contributed by atoms with van der Waals surface area (Å²) >= 11 is 0. The highest BCUT2D eigenvalue weighted by Crippen LogP contribution is 2.27. The summed E-state index contributed by atoms with van der Waals surface area (Å²) in [4.78, 5) is 11.8. The van der Waals surface area contributed by atoms with Crippen LogP contribution >= 0.6 is 0 Å². The number of nitrogens with two attached hydrogens (primary N) is 1. The monoisotopic (exact) mass is 294 g/mol. The van der Waals surface area contributed by atoms with E-state index in [1.54, 1.807) is 7.11 Å². The summed E-state index contributed by atoms with van der Waals surface area (Å²) in [6.45, 7) is 6.18. The molecule has 0 fully saturated rings. The van der Waals surface area contributed by atoms with E-state index in [-0.39, 0.29) is 0 Å². The van der Waals surface area contributed by atoms with Crippen molar-refractivity contribution in [3.05, 3.63) is 23.8 Å². The first-order valence-electron chi connectivity index (χ1n) is 7.22. The van der Waals surface area contributed by atoms with Crippen LogP contribution in [-0.2, 0) is 11.2 Å². The first-order valence-corrected chi connectivity index (χ1v) is 7.22. The molecule has 0 aliphatic heterocycles. The van der Waals surface area contributed by atoms with Gasteiger partial charge in [-0.2, -0.15) is 0 Å². The van der Waals surface area contributed by atoms with Gasteiger partial charge in [0.25, 0.3) is 0 Å². The van der Waals surface area contributed by atoms with Crippen molar-refractivity contribution in [2.24, 2.45) is 5.73 Å². The Balaban J connectivity index is 2.72. The molecular formula is C16H26N2O3. The van der Waals surface area contributed by atoms with Crippen LogP contribution in [0, 0.1) is 0 Å². The lowest BCUT2D eigenvalue weighted by atomic mass is 10.1. The summed E-state index contributed by atoms with van der Waals surface area (Å²) in [5, 5.41) is 2.71. The molecule has 0 unspecified atom stereocenters. The van der Waals surface area contributed by atoms with Crippen molar-refractivity contribution in [2.45, 2.75) is 45.6 Å². The van der Waals surface area contributed by atoms with Gasteiger partial charge in [0, 0.05) is 0 Å². The van der Waals surface area contributed by atoms with E-state index < -0.39 is 11.7 Å². The van der Waals surface area contributed by atoms with E-state index in [2.05, 4.69) is 5.32 Å². The van der Waals surface area contributed by atoms with Gasteiger partial charge in [0.2, 0.25) is 0 Å². The van der Waals surface area contributed by atoms with Crippen LogP contribution in [0.3, 0.4) is 0 Å². The third-order valence-corrected chi connectivity index (χ3v) is 2.82. The van der Waals surface area contributed by atoms with Gasteiger partial charge in [-0.25, -0.2) is 4.79 Å². The van der Waals surface area contributed by atoms with Crippen LogP contribution < -0.4 is 15.8 Å². The van der Waals surface area contributed by atoms with E-state index in [0.29, 0.717) is 18.0 Å². The summed E-state index contributed by atoms with van der Waals surface area (Å²) in [7, 11) is 1.58. The van der Waals surface area contributed by atoms with Crippen molar-refractivity contribution in [1.29, 1.82) is 0 Å². The maximum Gasteiger partial charge on any atom is 0.412 e. The van der Waals surface area contributed by atoms with Crippen molar-refractivity contribution < 1.29 is 14.3 Å². The van der Waals surface area contributed by atoms with E-state index in [4.69, 9.17) is 15.2 Å². The molecule has 0 heterocycles. The van der Waals surface area contributed by atoms with Gasteiger partial charge in [-0.15, -0.1) is 0 Å². The van der Waals surface area contributed by atoms with Crippen molar-refractivity contribution >= 4 is 11.8 Å². The molecule has 5 nitrogen and oxygen atoms in total. The van der Waals surface area contributed by atoms with Crippen LogP contribution in [0.25, 0.3) is 0 Å². The predicted molar refractivity (Wildman–Crippen MR) is 84.8 cm³/mol. The Morgan fingerprint density at radius 3 is 2.57 bits per heavy atom. The van der Waals surface area contributed by atoms with Crippen LogP contribution in [0.1, 0.15) is 39.2 Å². The molecule has 3 N–H and O–H groups in total. The number of carbonyl (C=O) groups excluding carboxylic acids is 1. The Kier molecular flexibility index (Phi) is 6.49. The van der Waals surface area contributed by atoms with Gasteiger partial charge in [0.05, 0.1) is 12.8 Å². The molecule has 1 rings (SSSR count). The second kappa shape index (κ2) is 7.88. The van der Waals surface area contributed by atoms with Crippen molar-refractivity contribution in [2.75, 3.05) is 19.0 Å². The smallest absolute Gasteiger partial charge is 0.412 e. The molecule has 1 aromatic carbocycles. The fourth-order valence-electron chi connectivity index (χ4n) is 1.88. The fraction of sp³-hybridized carbons (Fsp3) is 0.562. The SMILES string of the molecule is COc1cc(CCCCN)ccc1NC(=O)OC(C)(C)C. The largest absolute Gasteiger partial charge is 0.495 e. The average molecular weight is 294 g/mol. The summed E-state index contributed by atoms with van der Waals surface area (Å²) in [5.41, 5.74) is 6.73. The van der Waals surface area contributed by atoms with Gasteiger partial charge >= 0.3 is 6.09 Å². The number of hydrogen-bond acceptors (Lipinski definition) is 4. The average Bonchev–Trinajstić information content (AvgIpc) is 2.38. The molecule has 21 heavy (non-hydrogen) atoms. The second-order valence-corrected chi connectivity index (χ2v) is 5.91. The van der Waals surface area contributed by atoms with Crippen molar-refractivity contribution in [3.63, 3.8) is 0 Å².